The van der Waals surface area contributed by atoms with E-state index in [4.69, 9.17) is 27.9 Å². The van der Waals surface area contributed by atoms with Crippen molar-refractivity contribution in [1.29, 1.82) is 0 Å². The number of nitro benzene ring substituents is 1. The van der Waals surface area contributed by atoms with Gasteiger partial charge in [0.15, 0.2) is 5.75 Å². The van der Waals surface area contributed by atoms with E-state index in [9.17, 15) is 14.9 Å². The predicted molar refractivity (Wildman–Crippen MR) is 64.1 cm³/mol. The van der Waals surface area contributed by atoms with E-state index in [1.54, 1.807) is 0 Å². The molecule has 0 aliphatic carbocycles. The van der Waals surface area contributed by atoms with E-state index in [1.807, 2.05) is 6.92 Å². The van der Waals surface area contributed by atoms with Gasteiger partial charge in [0.25, 0.3) is 5.24 Å². The lowest BCUT2D eigenvalue weighted by Crippen LogP contribution is -2.02. The van der Waals surface area contributed by atoms with Gasteiger partial charge >= 0.3 is 5.69 Å². The van der Waals surface area contributed by atoms with Crippen molar-refractivity contribution in [3.8, 4) is 5.75 Å². The summed E-state index contributed by atoms with van der Waals surface area (Å²) >= 11 is 11.0. The minimum atomic E-state index is -0.847. The molecule has 7 heteroatoms. The smallest absolute Gasteiger partial charge is 0.311 e. The molecule has 0 spiro atoms. The second kappa shape index (κ2) is 5.84. The van der Waals surface area contributed by atoms with E-state index in [0.717, 1.165) is 6.07 Å². The molecule has 0 unspecified atom stereocenters. The molecule has 92 valence electrons. The van der Waals surface area contributed by atoms with E-state index in [0.29, 0.717) is 13.0 Å². The van der Waals surface area contributed by atoms with Gasteiger partial charge in [0.2, 0.25) is 0 Å². The van der Waals surface area contributed by atoms with Crippen molar-refractivity contribution in [1.82, 2.24) is 0 Å². The van der Waals surface area contributed by atoms with Crippen LogP contribution >= 0.6 is 23.2 Å². The van der Waals surface area contributed by atoms with Crippen molar-refractivity contribution in [2.24, 2.45) is 0 Å². The van der Waals surface area contributed by atoms with Crippen molar-refractivity contribution < 1.29 is 14.5 Å². The first kappa shape index (κ1) is 13.7. The molecule has 0 radical (unpaired) electrons. The van der Waals surface area contributed by atoms with Crippen LogP contribution < -0.4 is 4.74 Å². The lowest BCUT2D eigenvalue weighted by molar-refractivity contribution is -0.385. The predicted octanol–water partition coefficient (Wildman–Crippen LogP) is 3.42. The number of rotatable bonds is 5. The number of carbonyl (C=O) groups is 1. The number of carbonyl (C=O) groups excluding carboxylic acids is 1. The molecule has 0 aliphatic rings. The Morgan fingerprint density at radius 3 is 2.65 bits per heavy atom. The van der Waals surface area contributed by atoms with Gasteiger partial charge in [0.05, 0.1) is 22.1 Å². The van der Waals surface area contributed by atoms with Crippen LogP contribution in [0.1, 0.15) is 23.7 Å². The number of nitrogens with zero attached hydrogens (tertiary/aromatic N) is 1. The van der Waals surface area contributed by atoms with E-state index in [2.05, 4.69) is 0 Å². The summed E-state index contributed by atoms with van der Waals surface area (Å²) in [5.74, 6) is 0.0310. The molecule has 1 rings (SSSR count). The second-order valence-corrected chi connectivity index (χ2v) is 3.93. The van der Waals surface area contributed by atoms with Crippen LogP contribution in [-0.2, 0) is 0 Å². The molecular formula is C10H9Cl2NO4. The molecule has 17 heavy (non-hydrogen) atoms. The highest BCUT2D eigenvalue weighted by Crippen LogP contribution is 2.33. The highest BCUT2D eigenvalue weighted by Gasteiger charge is 2.21. The Labute approximate surface area is 107 Å². The summed E-state index contributed by atoms with van der Waals surface area (Å²) in [7, 11) is 0. The van der Waals surface area contributed by atoms with Crippen LogP contribution in [0, 0.1) is 10.1 Å². The largest absolute Gasteiger partial charge is 0.487 e. The Balaban J connectivity index is 3.25. The van der Waals surface area contributed by atoms with Crippen molar-refractivity contribution in [3.63, 3.8) is 0 Å². The molecule has 0 heterocycles. The number of benzene rings is 1. The zero-order valence-electron chi connectivity index (χ0n) is 8.91. The van der Waals surface area contributed by atoms with Gasteiger partial charge in [0, 0.05) is 12.1 Å². The lowest BCUT2D eigenvalue weighted by atomic mass is 10.2. The molecule has 1 aromatic carbocycles. The summed E-state index contributed by atoms with van der Waals surface area (Å²) in [5.41, 5.74) is -0.435. The van der Waals surface area contributed by atoms with Gasteiger partial charge in [0.1, 0.15) is 0 Å². The Kier molecular flexibility index (Phi) is 4.72. The molecule has 0 amide bonds. The van der Waals surface area contributed by atoms with Crippen LogP contribution in [0.25, 0.3) is 0 Å². The highest BCUT2D eigenvalue weighted by molar-refractivity contribution is 6.68. The topological polar surface area (TPSA) is 69.4 Å². The summed E-state index contributed by atoms with van der Waals surface area (Å²) in [5, 5.41) is 9.98. The zero-order valence-corrected chi connectivity index (χ0v) is 10.4. The molecule has 0 aromatic heterocycles. The fourth-order valence-electron chi connectivity index (χ4n) is 1.16. The van der Waals surface area contributed by atoms with Crippen LogP contribution in [0.2, 0.25) is 5.02 Å². The second-order valence-electron chi connectivity index (χ2n) is 3.18. The van der Waals surface area contributed by atoms with Crippen molar-refractivity contribution in [3.05, 3.63) is 32.8 Å². The maximum atomic E-state index is 11.0. The fraction of sp³-hybridized carbons (Fsp3) is 0.300. The average Bonchev–Trinajstić information content (AvgIpc) is 2.25. The van der Waals surface area contributed by atoms with Gasteiger partial charge in [-0.15, -0.1) is 0 Å². The van der Waals surface area contributed by atoms with Crippen molar-refractivity contribution in [2.75, 3.05) is 6.61 Å². The molecular weight excluding hydrogens is 269 g/mol. The van der Waals surface area contributed by atoms with Crippen molar-refractivity contribution in [2.45, 2.75) is 13.3 Å². The quantitative estimate of drug-likeness (QED) is 0.470. The van der Waals surface area contributed by atoms with E-state index >= 15 is 0 Å². The molecule has 0 bridgehead atoms. The third-order valence-electron chi connectivity index (χ3n) is 1.92. The van der Waals surface area contributed by atoms with Crippen LogP contribution in [-0.4, -0.2) is 16.8 Å². The van der Waals surface area contributed by atoms with Gasteiger partial charge in [-0.25, -0.2) is 0 Å². The Hall–Kier alpha value is -1.33. The van der Waals surface area contributed by atoms with Crippen LogP contribution in [0.5, 0.6) is 5.75 Å². The van der Waals surface area contributed by atoms with Crippen LogP contribution in [0.15, 0.2) is 12.1 Å². The summed E-state index contributed by atoms with van der Waals surface area (Å²) in [4.78, 5) is 21.1. The van der Waals surface area contributed by atoms with Gasteiger partial charge in [-0.1, -0.05) is 18.5 Å². The fourth-order valence-corrected chi connectivity index (χ4v) is 1.61. The summed E-state index contributed by atoms with van der Waals surface area (Å²) in [6.07, 6.45) is 0.699. The summed E-state index contributed by atoms with van der Waals surface area (Å²) in [6, 6.07) is 2.24. The van der Waals surface area contributed by atoms with E-state index < -0.39 is 10.2 Å². The van der Waals surface area contributed by atoms with Gasteiger partial charge < -0.3 is 4.74 Å². The highest BCUT2D eigenvalue weighted by atomic mass is 35.5. The number of hydrogen-bond acceptors (Lipinski definition) is 4. The lowest BCUT2D eigenvalue weighted by Gasteiger charge is -2.07. The monoisotopic (exact) mass is 277 g/mol. The zero-order chi connectivity index (χ0) is 13.0. The summed E-state index contributed by atoms with van der Waals surface area (Å²) in [6.45, 7) is 2.19. The minimum Gasteiger partial charge on any atom is -0.487 e. The third-order valence-corrected chi connectivity index (χ3v) is 2.44. The maximum absolute atomic E-state index is 11.0. The molecule has 1 aromatic rings. The molecule has 0 N–H and O–H groups in total. The minimum absolute atomic E-state index is 0.0294. The number of ether oxygens (including phenoxy) is 1. The van der Waals surface area contributed by atoms with Gasteiger partial charge in [-0.2, -0.15) is 0 Å². The first-order valence-electron chi connectivity index (χ1n) is 4.78. The molecule has 0 saturated carbocycles. The van der Waals surface area contributed by atoms with Gasteiger partial charge in [-0.3, -0.25) is 14.9 Å². The SMILES string of the molecule is CCCOc1cc(Cl)c(C(=O)Cl)cc1[N+](=O)[O-]. The number of nitro groups is 1. The summed E-state index contributed by atoms with van der Waals surface area (Å²) < 4.78 is 5.18. The Morgan fingerprint density at radius 2 is 2.18 bits per heavy atom. The first-order valence-corrected chi connectivity index (χ1v) is 5.53. The number of halogens is 2. The normalized spacial score (nSPS) is 10.1. The molecule has 0 fully saturated rings. The average molecular weight is 278 g/mol. The van der Waals surface area contributed by atoms with Crippen LogP contribution in [0.4, 0.5) is 5.69 Å². The third kappa shape index (κ3) is 3.31. The number of hydrogen-bond donors (Lipinski definition) is 0. The van der Waals surface area contributed by atoms with E-state index in [-0.39, 0.29) is 22.0 Å². The molecule has 5 nitrogen and oxygen atoms in total. The molecule has 0 atom stereocenters. The maximum Gasteiger partial charge on any atom is 0.311 e. The van der Waals surface area contributed by atoms with Crippen LogP contribution in [0.3, 0.4) is 0 Å². The standard InChI is InChI=1S/C10H9Cl2NO4/c1-2-3-17-9-5-7(11)6(10(12)14)4-8(9)13(15)16/h4-5H,2-3H2,1H3. The first-order chi connectivity index (χ1) is 7.97. The Bertz CT molecular complexity index is 462. The van der Waals surface area contributed by atoms with Crippen molar-refractivity contribution >= 4 is 34.1 Å². The molecule has 0 aliphatic heterocycles. The van der Waals surface area contributed by atoms with E-state index in [1.165, 1.54) is 6.07 Å². The molecule has 0 saturated heterocycles. The Morgan fingerprint density at radius 1 is 1.53 bits per heavy atom. The van der Waals surface area contributed by atoms with Gasteiger partial charge in [-0.05, 0) is 18.0 Å².